The number of benzene rings is 1. The fourth-order valence-corrected chi connectivity index (χ4v) is 1.55. The summed E-state index contributed by atoms with van der Waals surface area (Å²) in [5, 5.41) is 2.93. The molecule has 0 aliphatic rings. The lowest BCUT2D eigenvalue weighted by atomic mass is 10.0. The van der Waals surface area contributed by atoms with Crippen LogP contribution in [0.1, 0.15) is 37.9 Å². The predicted molar refractivity (Wildman–Crippen MR) is 70.6 cm³/mol. The lowest BCUT2D eigenvalue weighted by Crippen LogP contribution is -2.44. The van der Waals surface area contributed by atoms with Gasteiger partial charge < -0.3 is 11.1 Å². The molecule has 0 radical (unpaired) electrons. The molecule has 1 unspecified atom stereocenters. The van der Waals surface area contributed by atoms with Crippen molar-refractivity contribution in [1.82, 2.24) is 5.32 Å². The van der Waals surface area contributed by atoms with Crippen LogP contribution >= 0.6 is 0 Å². The summed E-state index contributed by atoms with van der Waals surface area (Å²) in [7, 11) is 0. The van der Waals surface area contributed by atoms with Gasteiger partial charge in [-0.2, -0.15) is 0 Å². The second-order valence-electron chi connectivity index (χ2n) is 4.91. The van der Waals surface area contributed by atoms with Gasteiger partial charge in [0, 0.05) is 0 Å². The molecule has 0 fully saturated rings. The highest BCUT2D eigenvalue weighted by molar-refractivity contribution is 5.82. The summed E-state index contributed by atoms with van der Waals surface area (Å²) in [6.45, 7) is 7.90. The molecular weight excluding hydrogens is 212 g/mol. The van der Waals surface area contributed by atoms with Gasteiger partial charge in [-0.05, 0) is 25.3 Å². The van der Waals surface area contributed by atoms with Crippen molar-refractivity contribution in [2.75, 3.05) is 0 Å². The van der Waals surface area contributed by atoms with Gasteiger partial charge in [-0.15, -0.1) is 0 Å². The molecule has 0 aromatic heterocycles. The molecule has 0 spiro atoms. The highest BCUT2D eigenvalue weighted by Gasteiger charge is 2.19. The Kier molecular flexibility index (Phi) is 4.70. The number of hydrogen-bond donors (Lipinski definition) is 2. The molecule has 3 heteroatoms. The highest BCUT2D eigenvalue weighted by atomic mass is 16.2. The molecule has 3 nitrogen and oxygen atoms in total. The summed E-state index contributed by atoms with van der Waals surface area (Å²) in [6.07, 6.45) is 0. The molecule has 3 N–H and O–H groups in total. The quantitative estimate of drug-likeness (QED) is 0.838. The largest absolute Gasteiger partial charge is 0.348 e. The van der Waals surface area contributed by atoms with E-state index in [1.54, 1.807) is 0 Å². The fourth-order valence-electron chi connectivity index (χ4n) is 1.55. The summed E-state index contributed by atoms with van der Waals surface area (Å²) in [6, 6.07) is 7.69. The first-order valence-corrected chi connectivity index (χ1v) is 6.04. The van der Waals surface area contributed by atoms with Crippen molar-refractivity contribution in [2.24, 2.45) is 11.7 Å². The second-order valence-corrected chi connectivity index (χ2v) is 4.91. The smallest absolute Gasteiger partial charge is 0.237 e. The van der Waals surface area contributed by atoms with Crippen molar-refractivity contribution >= 4 is 5.91 Å². The standard InChI is InChI=1S/C14H22N2O/c1-9(2)13(15)14(17)16-11(4)12-7-5-10(3)6-8-12/h5-9,11,13H,15H2,1-4H3,(H,16,17)/t11-,13?/m0/s1. The third kappa shape index (κ3) is 3.86. The molecule has 0 heterocycles. The first kappa shape index (κ1) is 13.7. The van der Waals surface area contributed by atoms with E-state index >= 15 is 0 Å². The number of rotatable bonds is 4. The van der Waals surface area contributed by atoms with Gasteiger partial charge in [0.25, 0.3) is 0 Å². The van der Waals surface area contributed by atoms with E-state index in [0.29, 0.717) is 0 Å². The van der Waals surface area contributed by atoms with Crippen LogP contribution in [0.5, 0.6) is 0 Å². The van der Waals surface area contributed by atoms with Gasteiger partial charge in [0.1, 0.15) is 0 Å². The van der Waals surface area contributed by atoms with Gasteiger partial charge in [-0.25, -0.2) is 0 Å². The van der Waals surface area contributed by atoms with Crippen molar-refractivity contribution in [2.45, 2.75) is 39.8 Å². The Morgan fingerprint density at radius 1 is 1.18 bits per heavy atom. The summed E-state index contributed by atoms with van der Waals surface area (Å²) in [4.78, 5) is 11.8. The summed E-state index contributed by atoms with van der Waals surface area (Å²) in [5.74, 6) is 0.0632. The lowest BCUT2D eigenvalue weighted by molar-refractivity contribution is -0.123. The minimum atomic E-state index is -0.442. The topological polar surface area (TPSA) is 55.1 Å². The molecule has 17 heavy (non-hydrogen) atoms. The first-order valence-electron chi connectivity index (χ1n) is 6.04. The molecule has 1 aromatic carbocycles. The minimum absolute atomic E-state index is 0.00657. The van der Waals surface area contributed by atoms with Gasteiger partial charge in [-0.3, -0.25) is 4.79 Å². The zero-order valence-corrected chi connectivity index (χ0v) is 11.0. The van der Waals surface area contributed by atoms with E-state index in [0.717, 1.165) is 5.56 Å². The van der Waals surface area contributed by atoms with Crippen LogP contribution in [0.2, 0.25) is 0 Å². The van der Waals surface area contributed by atoms with Crippen molar-refractivity contribution < 1.29 is 4.79 Å². The molecule has 1 rings (SSSR count). The molecular formula is C14H22N2O. The van der Waals surface area contributed by atoms with Crippen LogP contribution in [-0.4, -0.2) is 11.9 Å². The van der Waals surface area contributed by atoms with Crippen LogP contribution in [0, 0.1) is 12.8 Å². The fraction of sp³-hybridized carbons (Fsp3) is 0.500. The van der Waals surface area contributed by atoms with E-state index in [9.17, 15) is 4.79 Å². The number of hydrogen-bond acceptors (Lipinski definition) is 2. The third-order valence-corrected chi connectivity index (χ3v) is 2.96. The SMILES string of the molecule is Cc1ccc([C@H](C)NC(=O)C(N)C(C)C)cc1. The number of nitrogens with one attached hydrogen (secondary N) is 1. The number of carbonyl (C=O) groups excluding carboxylic acids is 1. The van der Waals surface area contributed by atoms with Crippen LogP contribution < -0.4 is 11.1 Å². The van der Waals surface area contributed by atoms with E-state index in [4.69, 9.17) is 5.73 Å². The Bertz CT molecular complexity index is 370. The van der Waals surface area contributed by atoms with Crippen LogP contribution in [-0.2, 0) is 4.79 Å². The molecule has 0 bridgehead atoms. The van der Waals surface area contributed by atoms with Crippen molar-refractivity contribution in [3.8, 4) is 0 Å². The Morgan fingerprint density at radius 3 is 2.18 bits per heavy atom. The maximum Gasteiger partial charge on any atom is 0.237 e. The van der Waals surface area contributed by atoms with Crippen molar-refractivity contribution in [3.63, 3.8) is 0 Å². The first-order chi connectivity index (χ1) is 7.91. The second kappa shape index (κ2) is 5.82. The van der Waals surface area contributed by atoms with Crippen molar-refractivity contribution in [1.29, 1.82) is 0 Å². The molecule has 94 valence electrons. The van der Waals surface area contributed by atoms with Crippen LogP contribution in [0.4, 0.5) is 0 Å². The molecule has 0 saturated heterocycles. The minimum Gasteiger partial charge on any atom is -0.348 e. The summed E-state index contributed by atoms with van der Waals surface area (Å²) < 4.78 is 0. The zero-order chi connectivity index (χ0) is 13.0. The molecule has 0 aliphatic carbocycles. The van der Waals surface area contributed by atoms with Crippen LogP contribution in [0.25, 0.3) is 0 Å². The van der Waals surface area contributed by atoms with E-state index < -0.39 is 6.04 Å². The Morgan fingerprint density at radius 2 is 1.71 bits per heavy atom. The van der Waals surface area contributed by atoms with E-state index in [-0.39, 0.29) is 17.9 Å². The predicted octanol–water partition coefficient (Wildman–Crippen LogP) is 2.16. The van der Waals surface area contributed by atoms with Crippen molar-refractivity contribution in [3.05, 3.63) is 35.4 Å². The number of carbonyl (C=O) groups is 1. The Labute approximate surface area is 103 Å². The Balaban J connectivity index is 2.63. The molecule has 1 aromatic rings. The maximum absolute atomic E-state index is 11.8. The Hall–Kier alpha value is -1.35. The van der Waals surface area contributed by atoms with Crippen LogP contribution in [0.3, 0.4) is 0 Å². The normalized spacial score (nSPS) is 14.5. The van der Waals surface area contributed by atoms with Crippen LogP contribution in [0.15, 0.2) is 24.3 Å². The number of nitrogens with two attached hydrogens (primary N) is 1. The average molecular weight is 234 g/mol. The van der Waals surface area contributed by atoms with E-state index in [2.05, 4.69) is 5.32 Å². The van der Waals surface area contributed by atoms with Gasteiger partial charge in [0.05, 0.1) is 12.1 Å². The zero-order valence-electron chi connectivity index (χ0n) is 11.0. The number of amides is 1. The average Bonchev–Trinajstić information content (AvgIpc) is 2.28. The maximum atomic E-state index is 11.8. The molecule has 0 aliphatic heterocycles. The molecule has 0 saturated carbocycles. The lowest BCUT2D eigenvalue weighted by Gasteiger charge is -2.20. The van der Waals surface area contributed by atoms with Gasteiger partial charge in [-0.1, -0.05) is 43.7 Å². The van der Waals surface area contributed by atoms with Gasteiger partial charge in [0.2, 0.25) is 5.91 Å². The summed E-state index contributed by atoms with van der Waals surface area (Å²) in [5.41, 5.74) is 8.11. The monoisotopic (exact) mass is 234 g/mol. The van der Waals surface area contributed by atoms with E-state index in [1.807, 2.05) is 52.0 Å². The van der Waals surface area contributed by atoms with Gasteiger partial charge in [0.15, 0.2) is 0 Å². The highest BCUT2D eigenvalue weighted by Crippen LogP contribution is 2.13. The van der Waals surface area contributed by atoms with E-state index in [1.165, 1.54) is 5.56 Å². The molecule has 1 amide bonds. The molecule has 2 atom stereocenters. The van der Waals surface area contributed by atoms with Gasteiger partial charge >= 0.3 is 0 Å². The number of aryl methyl sites for hydroxylation is 1. The third-order valence-electron chi connectivity index (χ3n) is 2.96. The summed E-state index contributed by atoms with van der Waals surface area (Å²) >= 11 is 0.